The fraction of sp³-hybridized carbons (Fsp3) is 0.882. The first-order chi connectivity index (χ1) is 11.0. The topological polar surface area (TPSA) is 78.7 Å². The third-order valence-corrected chi connectivity index (χ3v) is 5.55. The Morgan fingerprint density at radius 3 is 2.43 bits per heavy atom. The maximum Gasteiger partial charge on any atom is 0.234 e. The average Bonchev–Trinajstić information content (AvgIpc) is 3.30. The fourth-order valence-corrected chi connectivity index (χ4v) is 3.81. The summed E-state index contributed by atoms with van der Waals surface area (Å²) in [4.78, 5) is 28.8. The van der Waals surface area contributed by atoms with Crippen LogP contribution in [0.2, 0.25) is 0 Å². The number of rotatable bonds is 4. The molecule has 3 rings (SSSR count). The largest absolute Gasteiger partial charge is 0.352 e. The summed E-state index contributed by atoms with van der Waals surface area (Å²) in [6, 6.07) is 0.416. The number of carbonyl (C=O) groups excluding carboxylic acids is 2. The van der Waals surface area contributed by atoms with Gasteiger partial charge in [0.15, 0.2) is 0 Å². The van der Waals surface area contributed by atoms with E-state index in [9.17, 15) is 9.59 Å². The Kier molecular flexibility index (Phi) is 4.92. The van der Waals surface area contributed by atoms with Gasteiger partial charge in [0.05, 0.1) is 12.5 Å². The maximum absolute atomic E-state index is 12.8. The van der Waals surface area contributed by atoms with E-state index in [2.05, 4.69) is 10.2 Å². The number of nitrogens with zero attached hydrogens (tertiary/aromatic N) is 2. The van der Waals surface area contributed by atoms with E-state index in [1.165, 1.54) is 0 Å². The molecule has 3 fully saturated rings. The Morgan fingerprint density at radius 2 is 1.83 bits per heavy atom. The van der Waals surface area contributed by atoms with Crippen LogP contribution in [0.25, 0.3) is 0 Å². The van der Waals surface area contributed by atoms with E-state index in [0.717, 1.165) is 51.6 Å². The molecule has 2 atom stereocenters. The lowest BCUT2D eigenvalue weighted by atomic mass is 9.74. The van der Waals surface area contributed by atoms with Crippen molar-refractivity contribution in [2.75, 3.05) is 32.7 Å². The second-order valence-electron chi connectivity index (χ2n) is 7.75. The van der Waals surface area contributed by atoms with Crippen LogP contribution in [0.5, 0.6) is 0 Å². The average molecular weight is 322 g/mol. The van der Waals surface area contributed by atoms with Gasteiger partial charge in [0, 0.05) is 37.8 Å². The van der Waals surface area contributed by atoms with E-state index < -0.39 is 0 Å². The van der Waals surface area contributed by atoms with E-state index in [-0.39, 0.29) is 23.3 Å². The van der Waals surface area contributed by atoms with E-state index in [1.807, 2.05) is 11.8 Å². The Morgan fingerprint density at radius 1 is 1.13 bits per heavy atom. The van der Waals surface area contributed by atoms with Crippen LogP contribution in [0.15, 0.2) is 0 Å². The third-order valence-electron chi connectivity index (χ3n) is 5.55. The lowest BCUT2D eigenvalue weighted by molar-refractivity contribution is -0.140. The SMILES string of the molecule is CC1(N)CCCCC1C(=O)N1CCN(CC(=O)NC2CC2)CC1. The number of amides is 2. The van der Waals surface area contributed by atoms with Gasteiger partial charge in [-0.2, -0.15) is 0 Å². The molecule has 1 saturated heterocycles. The van der Waals surface area contributed by atoms with Gasteiger partial charge in [0.25, 0.3) is 0 Å². The zero-order valence-corrected chi connectivity index (χ0v) is 14.2. The number of carbonyl (C=O) groups is 2. The van der Waals surface area contributed by atoms with Crippen LogP contribution in [0.1, 0.15) is 45.4 Å². The maximum atomic E-state index is 12.8. The van der Waals surface area contributed by atoms with Crippen molar-refractivity contribution >= 4 is 11.8 Å². The molecule has 6 heteroatoms. The number of nitrogens with two attached hydrogens (primary N) is 1. The van der Waals surface area contributed by atoms with Crippen LogP contribution in [-0.4, -0.2) is 65.9 Å². The summed E-state index contributed by atoms with van der Waals surface area (Å²) in [5.41, 5.74) is 6.00. The van der Waals surface area contributed by atoms with Gasteiger partial charge < -0.3 is 16.0 Å². The van der Waals surface area contributed by atoms with Crippen LogP contribution in [0.4, 0.5) is 0 Å². The van der Waals surface area contributed by atoms with Gasteiger partial charge in [-0.05, 0) is 32.6 Å². The minimum Gasteiger partial charge on any atom is -0.352 e. The third kappa shape index (κ3) is 4.23. The molecule has 1 aliphatic heterocycles. The van der Waals surface area contributed by atoms with Gasteiger partial charge in [-0.15, -0.1) is 0 Å². The molecule has 2 amide bonds. The van der Waals surface area contributed by atoms with Crippen LogP contribution in [0, 0.1) is 5.92 Å². The molecule has 6 nitrogen and oxygen atoms in total. The number of nitrogens with one attached hydrogen (secondary N) is 1. The molecule has 0 bridgehead atoms. The summed E-state index contributed by atoms with van der Waals surface area (Å²) in [5, 5.41) is 3.02. The molecule has 130 valence electrons. The summed E-state index contributed by atoms with van der Waals surface area (Å²) in [6.07, 6.45) is 6.31. The molecule has 0 aromatic rings. The van der Waals surface area contributed by atoms with Crippen LogP contribution >= 0.6 is 0 Å². The first-order valence-corrected chi connectivity index (χ1v) is 9.05. The van der Waals surface area contributed by atoms with Gasteiger partial charge in [0.2, 0.25) is 11.8 Å². The highest BCUT2D eigenvalue weighted by Crippen LogP contribution is 2.33. The van der Waals surface area contributed by atoms with Crippen molar-refractivity contribution in [3.63, 3.8) is 0 Å². The van der Waals surface area contributed by atoms with Crippen molar-refractivity contribution in [2.45, 2.75) is 57.0 Å². The minimum absolute atomic E-state index is 0.0408. The molecule has 0 aromatic heterocycles. The van der Waals surface area contributed by atoms with Gasteiger partial charge in [-0.25, -0.2) is 0 Å². The van der Waals surface area contributed by atoms with Crippen molar-refractivity contribution in [1.29, 1.82) is 0 Å². The smallest absolute Gasteiger partial charge is 0.234 e. The summed E-state index contributed by atoms with van der Waals surface area (Å²) in [7, 11) is 0. The minimum atomic E-state index is -0.364. The summed E-state index contributed by atoms with van der Waals surface area (Å²) < 4.78 is 0. The standard InChI is InChI=1S/C17H30N4O2/c1-17(18)7-3-2-4-14(17)16(23)21-10-8-20(9-11-21)12-15(22)19-13-5-6-13/h13-14H,2-12,18H2,1H3,(H,19,22). The Bertz CT molecular complexity index is 454. The molecular weight excluding hydrogens is 292 g/mol. The van der Waals surface area contributed by atoms with E-state index in [0.29, 0.717) is 25.7 Å². The zero-order valence-electron chi connectivity index (χ0n) is 14.2. The van der Waals surface area contributed by atoms with Gasteiger partial charge >= 0.3 is 0 Å². The van der Waals surface area contributed by atoms with Crippen molar-refractivity contribution in [2.24, 2.45) is 11.7 Å². The first-order valence-electron chi connectivity index (χ1n) is 9.05. The molecule has 3 aliphatic rings. The van der Waals surface area contributed by atoms with Gasteiger partial charge in [-0.3, -0.25) is 14.5 Å². The molecule has 0 radical (unpaired) electrons. The quantitative estimate of drug-likeness (QED) is 0.781. The normalized spacial score (nSPS) is 32.6. The summed E-state index contributed by atoms with van der Waals surface area (Å²) in [5.74, 6) is 0.298. The fourth-order valence-electron chi connectivity index (χ4n) is 3.81. The lowest BCUT2D eigenvalue weighted by Gasteiger charge is -2.42. The van der Waals surface area contributed by atoms with Gasteiger partial charge in [0.1, 0.15) is 0 Å². The van der Waals surface area contributed by atoms with Crippen LogP contribution in [-0.2, 0) is 9.59 Å². The molecule has 2 saturated carbocycles. The highest BCUT2D eigenvalue weighted by Gasteiger charge is 2.40. The van der Waals surface area contributed by atoms with Crippen molar-refractivity contribution in [1.82, 2.24) is 15.1 Å². The van der Waals surface area contributed by atoms with Crippen molar-refractivity contribution < 1.29 is 9.59 Å². The molecule has 2 aliphatic carbocycles. The number of hydrogen-bond donors (Lipinski definition) is 2. The summed E-state index contributed by atoms with van der Waals surface area (Å²) >= 11 is 0. The lowest BCUT2D eigenvalue weighted by Crippen LogP contribution is -2.57. The predicted molar refractivity (Wildman–Crippen MR) is 88.7 cm³/mol. The number of hydrogen-bond acceptors (Lipinski definition) is 4. The second-order valence-corrected chi connectivity index (χ2v) is 7.75. The summed E-state index contributed by atoms with van der Waals surface area (Å²) in [6.45, 7) is 5.45. The van der Waals surface area contributed by atoms with Crippen molar-refractivity contribution in [3.05, 3.63) is 0 Å². The molecule has 3 N–H and O–H groups in total. The van der Waals surface area contributed by atoms with Gasteiger partial charge in [-0.1, -0.05) is 12.8 Å². The van der Waals surface area contributed by atoms with Crippen LogP contribution in [0.3, 0.4) is 0 Å². The Labute approximate surface area is 138 Å². The van der Waals surface area contributed by atoms with Crippen LogP contribution < -0.4 is 11.1 Å². The molecule has 1 heterocycles. The Balaban J connectivity index is 1.46. The molecule has 23 heavy (non-hydrogen) atoms. The van der Waals surface area contributed by atoms with E-state index in [1.54, 1.807) is 0 Å². The first kappa shape index (κ1) is 16.7. The highest BCUT2D eigenvalue weighted by atomic mass is 16.2. The Hall–Kier alpha value is -1.14. The monoisotopic (exact) mass is 322 g/mol. The highest BCUT2D eigenvalue weighted by molar-refractivity contribution is 5.81. The molecular formula is C17H30N4O2. The molecule has 0 aromatic carbocycles. The predicted octanol–water partition coefficient (Wildman–Crippen LogP) is 0.317. The zero-order chi connectivity index (χ0) is 16.4. The molecule has 0 spiro atoms. The van der Waals surface area contributed by atoms with Crippen molar-refractivity contribution in [3.8, 4) is 0 Å². The van der Waals surface area contributed by atoms with E-state index >= 15 is 0 Å². The molecule has 2 unspecified atom stereocenters. The number of piperazine rings is 1. The van der Waals surface area contributed by atoms with E-state index in [4.69, 9.17) is 5.73 Å². The second kappa shape index (κ2) is 6.77.